The average Bonchev–Trinajstić information content (AvgIpc) is 2.21. The van der Waals surface area contributed by atoms with Crippen molar-refractivity contribution in [1.82, 2.24) is 4.98 Å². The van der Waals surface area contributed by atoms with Crippen LogP contribution in [0.5, 0.6) is 0 Å². The van der Waals surface area contributed by atoms with Gasteiger partial charge in [-0.1, -0.05) is 0 Å². The van der Waals surface area contributed by atoms with Crippen LogP contribution in [0.3, 0.4) is 0 Å². The van der Waals surface area contributed by atoms with Crippen LogP contribution in [-0.4, -0.2) is 18.1 Å². The molecule has 0 radical (unpaired) electrons. The largest absolute Gasteiger partial charge is 0.469 e. The zero-order valence-corrected chi connectivity index (χ0v) is 8.34. The molecule has 0 aliphatic rings. The van der Waals surface area contributed by atoms with Gasteiger partial charge in [0.25, 0.3) is 6.43 Å². The Hall–Kier alpha value is -1.79. The van der Waals surface area contributed by atoms with E-state index < -0.39 is 29.6 Å². The number of nitrogens with zero attached hydrogens (tertiary/aromatic N) is 1. The van der Waals surface area contributed by atoms with Crippen LogP contribution in [0, 0.1) is 5.95 Å². The minimum atomic E-state index is -3.08. The van der Waals surface area contributed by atoms with Gasteiger partial charge in [-0.2, -0.15) is 4.39 Å². The number of pyridine rings is 1. The van der Waals surface area contributed by atoms with E-state index in [-0.39, 0.29) is 12.0 Å². The van der Waals surface area contributed by atoms with E-state index in [0.717, 1.165) is 13.3 Å². The number of methoxy groups -OCH3 is 1. The van der Waals surface area contributed by atoms with Crippen LogP contribution < -0.4 is 5.73 Å². The number of hydrogen-bond acceptors (Lipinski definition) is 4. The van der Waals surface area contributed by atoms with Gasteiger partial charge in [-0.3, -0.25) is 4.79 Å². The molecule has 0 saturated carbocycles. The number of alkyl halides is 2. The van der Waals surface area contributed by atoms with Crippen LogP contribution >= 0.6 is 0 Å². The van der Waals surface area contributed by atoms with Crippen LogP contribution in [0.1, 0.15) is 17.6 Å². The summed E-state index contributed by atoms with van der Waals surface area (Å²) in [6.45, 7) is 0. The van der Waals surface area contributed by atoms with E-state index in [4.69, 9.17) is 5.73 Å². The lowest BCUT2D eigenvalue weighted by Crippen LogP contribution is -2.11. The Morgan fingerprint density at radius 2 is 2.25 bits per heavy atom. The third kappa shape index (κ3) is 2.41. The fraction of sp³-hybridized carbons (Fsp3) is 0.333. The maximum absolute atomic E-state index is 12.9. The van der Waals surface area contributed by atoms with Crippen molar-refractivity contribution in [2.45, 2.75) is 12.8 Å². The molecular formula is C9H9F3N2O2. The number of carbonyl (C=O) groups is 1. The van der Waals surface area contributed by atoms with Crippen molar-refractivity contribution < 1.29 is 22.7 Å². The molecule has 0 aliphatic heterocycles. The van der Waals surface area contributed by atoms with Crippen molar-refractivity contribution in [3.05, 3.63) is 23.3 Å². The lowest BCUT2D eigenvalue weighted by molar-refractivity contribution is -0.139. The summed E-state index contributed by atoms with van der Waals surface area (Å²) in [6, 6.07) is 0. The molecule has 7 heteroatoms. The van der Waals surface area contributed by atoms with Crippen molar-refractivity contribution in [1.29, 1.82) is 0 Å². The second-order valence-electron chi connectivity index (χ2n) is 2.96. The van der Waals surface area contributed by atoms with Crippen LogP contribution in [0.2, 0.25) is 0 Å². The molecule has 16 heavy (non-hydrogen) atoms. The molecule has 0 amide bonds. The zero-order valence-electron chi connectivity index (χ0n) is 8.34. The first-order valence-corrected chi connectivity index (χ1v) is 4.25. The Balaban J connectivity index is 3.13. The predicted molar refractivity (Wildman–Crippen MR) is 49.3 cm³/mol. The molecule has 0 atom stereocenters. The van der Waals surface area contributed by atoms with Crippen molar-refractivity contribution in [3.63, 3.8) is 0 Å². The lowest BCUT2D eigenvalue weighted by Gasteiger charge is -2.09. The summed E-state index contributed by atoms with van der Waals surface area (Å²) in [5, 5.41) is 0. The smallest absolute Gasteiger partial charge is 0.310 e. The zero-order chi connectivity index (χ0) is 12.3. The number of anilines is 1. The number of rotatable bonds is 3. The number of halogens is 3. The molecule has 1 rings (SSSR count). The van der Waals surface area contributed by atoms with Gasteiger partial charge < -0.3 is 10.5 Å². The molecule has 88 valence electrons. The standard InChI is InChI=1S/C9H9F3N2O2/c1-16-5(15)2-4-3-14-9(12)6(7(4)13)8(10)11/h3,8H,2H2,1H3,(H2,13,14). The number of aromatic nitrogens is 1. The predicted octanol–water partition coefficient (Wildman–Crippen LogP) is 1.46. The van der Waals surface area contributed by atoms with Gasteiger partial charge in [0, 0.05) is 11.8 Å². The molecule has 0 aromatic carbocycles. The van der Waals surface area contributed by atoms with E-state index in [1.165, 1.54) is 0 Å². The Morgan fingerprint density at radius 1 is 1.62 bits per heavy atom. The van der Waals surface area contributed by atoms with E-state index in [1.807, 2.05) is 0 Å². The summed E-state index contributed by atoms with van der Waals surface area (Å²) in [5.41, 5.74) is 3.89. The molecule has 0 saturated heterocycles. The topological polar surface area (TPSA) is 65.2 Å². The highest BCUT2D eigenvalue weighted by Crippen LogP contribution is 2.29. The summed E-state index contributed by atoms with van der Waals surface area (Å²) in [7, 11) is 1.14. The number of hydrogen-bond donors (Lipinski definition) is 1. The first-order valence-electron chi connectivity index (χ1n) is 4.25. The SMILES string of the molecule is COC(=O)Cc1cnc(F)c(C(F)F)c1N. The van der Waals surface area contributed by atoms with Crippen LogP contribution in [-0.2, 0) is 16.0 Å². The number of carbonyl (C=O) groups excluding carboxylic acids is 1. The first kappa shape index (κ1) is 12.3. The van der Waals surface area contributed by atoms with E-state index in [9.17, 15) is 18.0 Å². The van der Waals surface area contributed by atoms with Gasteiger partial charge in [-0.25, -0.2) is 13.8 Å². The number of ether oxygens (including phenoxy) is 1. The highest BCUT2D eigenvalue weighted by Gasteiger charge is 2.21. The third-order valence-corrected chi connectivity index (χ3v) is 1.97. The van der Waals surface area contributed by atoms with Gasteiger partial charge >= 0.3 is 5.97 Å². The van der Waals surface area contributed by atoms with Crippen LogP contribution in [0.4, 0.5) is 18.9 Å². The second kappa shape index (κ2) is 4.82. The molecule has 0 unspecified atom stereocenters. The molecule has 0 bridgehead atoms. The third-order valence-electron chi connectivity index (χ3n) is 1.97. The molecule has 2 N–H and O–H groups in total. The number of nitrogens with two attached hydrogens (primary N) is 1. The molecule has 1 aromatic heterocycles. The highest BCUT2D eigenvalue weighted by molar-refractivity contribution is 5.75. The molecule has 1 heterocycles. The maximum Gasteiger partial charge on any atom is 0.310 e. The van der Waals surface area contributed by atoms with Crippen molar-refractivity contribution in [3.8, 4) is 0 Å². The molecule has 0 spiro atoms. The molecule has 0 aliphatic carbocycles. The van der Waals surface area contributed by atoms with Crippen molar-refractivity contribution in [2.75, 3.05) is 12.8 Å². The summed E-state index contributed by atoms with van der Waals surface area (Å²) in [6.07, 6.45) is -2.46. The maximum atomic E-state index is 12.9. The van der Waals surface area contributed by atoms with Gasteiger partial charge in [0.2, 0.25) is 5.95 Å². The monoisotopic (exact) mass is 234 g/mol. The van der Waals surface area contributed by atoms with Crippen LogP contribution in [0.15, 0.2) is 6.20 Å². The molecule has 4 nitrogen and oxygen atoms in total. The molecule has 1 aromatic rings. The summed E-state index contributed by atoms with van der Waals surface area (Å²) >= 11 is 0. The van der Waals surface area contributed by atoms with Gasteiger partial charge in [0.15, 0.2) is 0 Å². The van der Waals surface area contributed by atoms with Crippen LogP contribution in [0.25, 0.3) is 0 Å². The normalized spacial score (nSPS) is 10.6. The molecular weight excluding hydrogens is 225 g/mol. The lowest BCUT2D eigenvalue weighted by atomic mass is 10.1. The Kier molecular flexibility index (Phi) is 3.70. The number of nitrogen functional groups attached to an aromatic ring is 1. The van der Waals surface area contributed by atoms with Gasteiger partial charge in [0.05, 0.1) is 24.8 Å². The average molecular weight is 234 g/mol. The summed E-state index contributed by atoms with van der Waals surface area (Å²) < 4.78 is 42.1. The highest BCUT2D eigenvalue weighted by atomic mass is 19.3. The van der Waals surface area contributed by atoms with Crippen molar-refractivity contribution >= 4 is 11.7 Å². The summed E-state index contributed by atoms with van der Waals surface area (Å²) in [5.74, 6) is -2.00. The second-order valence-corrected chi connectivity index (χ2v) is 2.96. The van der Waals surface area contributed by atoms with E-state index in [0.29, 0.717) is 0 Å². The van der Waals surface area contributed by atoms with Crippen molar-refractivity contribution in [2.24, 2.45) is 0 Å². The molecule has 0 fully saturated rings. The minimum Gasteiger partial charge on any atom is -0.469 e. The van der Waals surface area contributed by atoms with E-state index in [1.54, 1.807) is 0 Å². The minimum absolute atomic E-state index is 0.0172. The van der Waals surface area contributed by atoms with Gasteiger partial charge in [0.1, 0.15) is 0 Å². The van der Waals surface area contributed by atoms with E-state index in [2.05, 4.69) is 9.72 Å². The summed E-state index contributed by atoms with van der Waals surface area (Å²) in [4.78, 5) is 14.0. The quantitative estimate of drug-likeness (QED) is 0.635. The van der Waals surface area contributed by atoms with E-state index >= 15 is 0 Å². The van der Waals surface area contributed by atoms with Gasteiger partial charge in [-0.15, -0.1) is 0 Å². The Bertz CT molecular complexity index is 410. The first-order chi connectivity index (χ1) is 7.47. The van der Waals surface area contributed by atoms with Gasteiger partial charge in [-0.05, 0) is 0 Å². The number of esters is 1. The fourth-order valence-electron chi connectivity index (χ4n) is 1.13. The Labute approximate surface area is 89.2 Å². The Morgan fingerprint density at radius 3 is 2.75 bits per heavy atom. The fourth-order valence-corrected chi connectivity index (χ4v) is 1.13.